The zero-order valence-electron chi connectivity index (χ0n) is 17.2. The molecular formula is C20H24F3N5O2. The van der Waals surface area contributed by atoms with Crippen LogP contribution in [0.25, 0.3) is 22.2 Å². The van der Waals surface area contributed by atoms with Crippen molar-refractivity contribution in [1.29, 1.82) is 0 Å². The predicted octanol–water partition coefficient (Wildman–Crippen LogP) is 3.35. The van der Waals surface area contributed by atoms with Crippen molar-refractivity contribution >= 4 is 16.7 Å². The highest BCUT2D eigenvalue weighted by molar-refractivity contribution is 5.91. The van der Waals surface area contributed by atoms with E-state index in [1.165, 1.54) is 17.0 Å². The maximum absolute atomic E-state index is 12.8. The number of aromatic nitrogens is 4. The highest BCUT2D eigenvalue weighted by Gasteiger charge is 2.32. The van der Waals surface area contributed by atoms with Crippen molar-refractivity contribution in [3.63, 3.8) is 0 Å². The third-order valence-corrected chi connectivity index (χ3v) is 4.55. The summed E-state index contributed by atoms with van der Waals surface area (Å²) in [5.41, 5.74) is 0.0560. The van der Waals surface area contributed by atoms with Crippen molar-refractivity contribution in [2.75, 3.05) is 25.1 Å². The minimum absolute atomic E-state index is 0.218. The number of aryl methyl sites for hydroxylation is 1. The van der Waals surface area contributed by atoms with Gasteiger partial charge in [-0.15, -0.1) is 0 Å². The molecule has 3 heterocycles. The number of aliphatic hydroxyl groups is 1. The fourth-order valence-electron chi connectivity index (χ4n) is 2.98. The molecule has 30 heavy (non-hydrogen) atoms. The van der Waals surface area contributed by atoms with Crippen molar-refractivity contribution < 1.29 is 18.3 Å². The minimum atomic E-state index is -4.51. The van der Waals surface area contributed by atoms with E-state index in [-0.39, 0.29) is 5.56 Å². The van der Waals surface area contributed by atoms with Crippen molar-refractivity contribution in [3.8, 4) is 11.3 Å². The number of alkyl halides is 3. The average molecular weight is 423 g/mol. The Hall–Kier alpha value is -3.01. The molecule has 0 fully saturated rings. The zero-order valence-corrected chi connectivity index (χ0v) is 17.2. The van der Waals surface area contributed by atoms with Gasteiger partial charge in [0.1, 0.15) is 11.2 Å². The molecule has 10 heteroatoms. The van der Waals surface area contributed by atoms with Crippen LogP contribution >= 0.6 is 0 Å². The topological polar surface area (TPSA) is 84.1 Å². The fourth-order valence-corrected chi connectivity index (χ4v) is 2.98. The van der Waals surface area contributed by atoms with Gasteiger partial charge >= 0.3 is 6.18 Å². The number of halogens is 3. The van der Waals surface area contributed by atoms with Gasteiger partial charge in [-0.1, -0.05) is 0 Å². The molecule has 162 valence electrons. The van der Waals surface area contributed by atoms with Crippen LogP contribution in [0.2, 0.25) is 0 Å². The predicted molar refractivity (Wildman–Crippen MR) is 109 cm³/mol. The lowest BCUT2D eigenvalue weighted by atomic mass is 10.1. The molecule has 3 rings (SSSR count). The summed E-state index contributed by atoms with van der Waals surface area (Å²) in [5.74, 6) is 0.526. The lowest BCUT2D eigenvalue weighted by Gasteiger charge is -2.22. The Bertz CT molecular complexity index is 1050. The second-order valence-corrected chi connectivity index (χ2v) is 6.17. The second-order valence-electron chi connectivity index (χ2n) is 6.17. The van der Waals surface area contributed by atoms with Crippen LogP contribution < -0.4 is 10.5 Å². The van der Waals surface area contributed by atoms with E-state index in [0.29, 0.717) is 47.6 Å². The molecule has 7 nitrogen and oxygen atoms in total. The lowest BCUT2D eigenvalue weighted by Crippen LogP contribution is -2.26. The van der Waals surface area contributed by atoms with Gasteiger partial charge in [-0.3, -0.25) is 14.3 Å². The summed E-state index contributed by atoms with van der Waals surface area (Å²) in [6.45, 7) is 7.49. The first-order valence-electron chi connectivity index (χ1n) is 9.43. The van der Waals surface area contributed by atoms with Gasteiger partial charge in [0.2, 0.25) is 0 Å². The maximum Gasteiger partial charge on any atom is 0.433 e. The third kappa shape index (κ3) is 4.59. The van der Waals surface area contributed by atoms with Gasteiger partial charge in [-0.05, 0) is 39.0 Å². The number of fused-ring (bicyclic) bond motifs is 1. The Labute approximate surface area is 171 Å². The maximum atomic E-state index is 12.8. The van der Waals surface area contributed by atoms with E-state index in [2.05, 4.69) is 15.0 Å². The SMILES string of the molecule is CCN(CC)c1nc(-c2ccc(C(F)(F)F)nc2)cc2c(=O)n(CC)cnc12.CO. The van der Waals surface area contributed by atoms with Crippen molar-refractivity contribution in [1.82, 2.24) is 19.5 Å². The van der Waals surface area contributed by atoms with E-state index in [9.17, 15) is 18.0 Å². The van der Waals surface area contributed by atoms with Crippen LogP contribution in [0.5, 0.6) is 0 Å². The monoisotopic (exact) mass is 423 g/mol. The highest BCUT2D eigenvalue weighted by atomic mass is 19.4. The Balaban J connectivity index is 0.00000155. The molecule has 3 aromatic rings. The smallest absolute Gasteiger partial charge is 0.400 e. The molecule has 0 aromatic carbocycles. The fraction of sp³-hybridized carbons (Fsp3) is 0.400. The molecule has 0 saturated carbocycles. The van der Waals surface area contributed by atoms with Crippen LogP contribution in [0.1, 0.15) is 26.5 Å². The van der Waals surface area contributed by atoms with E-state index < -0.39 is 11.9 Å². The van der Waals surface area contributed by atoms with E-state index in [1.54, 1.807) is 6.07 Å². The lowest BCUT2D eigenvalue weighted by molar-refractivity contribution is -0.141. The summed E-state index contributed by atoms with van der Waals surface area (Å²) in [5, 5.41) is 7.37. The molecule has 1 N–H and O–H groups in total. The standard InChI is InChI=1S/C19H20F3N5O.CH4O/c1-4-26(5-2)17-16-13(18(28)27(6-3)11-24-16)9-14(25-17)12-7-8-15(23-10-12)19(20,21)22;1-2/h7-11H,4-6H2,1-3H3;2H,1H3. The summed E-state index contributed by atoms with van der Waals surface area (Å²) in [6, 6.07) is 3.78. The van der Waals surface area contributed by atoms with Gasteiger partial charge in [0.25, 0.3) is 5.56 Å². The Kier molecular flexibility index (Phi) is 7.49. The van der Waals surface area contributed by atoms with Gasteiger partial charge in [-0.2, -0.15) is 13.2 Å². The summed E-state index contributed by atoms with van der Waals surface area (Å²) >= 11 is 0. The summed E-state index contributed by atoms with van der Waals surface area (Å²) in [7, 11) is 1.00. The van der Waals surface area contributed by atoms with Crippen LogP contribution in [0, 0.1) is 0 Å². The number of nitrogens with zero attached hydrogens (tertiary/aromatic N) is 5. The molecule has 0 aliphatic rings. The van der Waals surface area contributed by atoms with E-state index >= 15 is 0 Å². The molecule has 0 saturated heterocycles. The van der Waals surface area contributed by atoms with Crippen LogP contribution in [0.3, 0.4) is 0 Å². The number of rotatable bonds is 5. The molecular weight excluding hydrogens is 399 g/mol. The van der Waals surface area contributed by atoms with Gasteiger partial charge in [0.15, 0.2) is 5.82 Å². The van der Waals surface area contributed by atoms with Crippen LogP contribution in [0.15, 0.2) is 35.5 Å². The van der Waals surface area contributed by atoms with Crippen LogP contribution in [-0.4, -0.2) is 44.8 Å². The molecule has 0 atom stereocenters. The van der Waals surface area contributed by atoms with Gasteiger partial charge in [0.05, 0.1) is 17.4 Å². The quantitative estimate of drug-likeness (QED) is 0.678. The Morgan fingerprint density at radius 2 is 1.77 bits per heavy atom. The summed E-state index contributed by atoms with van der Waals surface area (Å²) < 4.78 is 39.8. The van der Waals surface area contributed by atoms with Gasteiger partial charge in [0, 0.05) is 38.5 Å². The Morgan fingerprint density at radius 1 is 1.10 bits per heavy atom. The first kappa shape index (κ1) is 23.3. The number of anilines is 1. The zero-order chi connectivity index (χ0) is 22.5. The molecule has 0 aliphatic heterocycles. The summed E-state index contributed by atoms with van der Waals surface area (Å²) in [6.07, 6.45) is -1.91. The van der Waals surface area contributed by atoms with Gasteiger partial charge in [-0.25, -0.2) is 9.97 Å². The normalized spacial score (nSPS) is 11.2. The third-order valence-electron chi connectivity index (χ3n) is 4.55. The molecule has 0 bridgehead atoms. The first-order valence-corrected chi connectivity index (χ1v) is 9.43. The number of pyridine rings is 2. The number of hydrogen-bond donors (Lipinski definition) is 1. The number of hydrogen-bond acceptors (Lipinski definition) is 6. The molecule has 0 spiro atoms. The molecule has 0 amide bonds. The summed E-state index contributed by atoms with van der Waals surface area (Å²) in [4.78, 5) is 27.2. The van der Waals surface area contributed by atoms with Crippen LogP contribution in [-0.2, 0) is 12.7 Å². The van der Waals surface area contributed by atoms with Crippen molar-refractivity contribution in [2.24, 2.45) is 0 Å². The van der Waals surface area contributed by atoms with E-state index in [1.807, 2.05) is 25.7 Å². The molecule has 0 radical (unpaired) electrons. The molecule has 0 aliphatic carbocycles. The Morgan fingerprint density at radius 3 is 2.27 bits per heavy atom. The van der Waals surface area contributed by atoms with E-state index in [4.69, 9.17) is 5.11 Å². The molecule has 0 unspecified atom stereocenters. The second kappa shape index (κ2) is 9.66. The highest BCUT2D eigenvalue weighted by Crippen LogP contribution is 2.30. The molecule has 3 aromatic heterocycles. The first-order chi connectivity index (χ1) is 14.3. The van der Waals surface area contributed by atoms with E-state index in [0.717, 1.165) is 19.4 Å². The largest absolute Gasteiger partial charge is 0.433 e. The average Bonchev–Trinajstić information content (AvgIpc) is 2.76. The van der Waals surface area contributed by atoms with Gasteiger partial charge < -0.3 is 10.0 Å². The minimum Gasteiger partial charge on any atom is -0.400 e. The number of aliphatic hydroxyl groups excluding tert-OH is 1. The van der Waals surface area contributed by atoms with Crippen molar-refractivity contribution in [3.05, 3.63) is 46.8 Å². The van der Waals surface area contributed by atoms with Crippen molar-refractivity contribution in [2.45, 2.75) is 33.5 Å². The van der Waals surface area contributed by atoms with Crippen LogP contribution in [0.4, 0.5) is 19.0 Å².